The van der Waals surface area contributed by atoms with Crippen molar-refractivity contribution < 1.29 is 0 Å². The van der Waals surface area contributed by atoms with E-state index in [-0.39, 0.29) is 0 Å². The third-order valence-electron chi connectivity index (χ3n) is 10.8. The first-order valence-electron chi connectivity index (χ1n) is 17.5. The second kappa shape index (κ2) is 11.3. The SMILES string of the molecule is Cc1cc(-c2ccccc2)nc(-c2cccc3c2-c2ccccc2C32c3ccccc3-c3c(-c4cccc(-c5cccnc5C)c4)cccc32)n1. The second-order valence-corrected chi connectivity index (χ2v) is 13.6. The van der Waals surface area contributed by atoms with Gasteiger partial charge in [0, 0.05) is 34.3 Å². The third-order valence-corrected chi connectivity index (χ3v) is 10.8. The van der Waals surface area contributed by atoms with Gasteiger partial charge in [-0.1, -0.05) is 140 Å². The summed E-state index contributed by atoms with van der Waals surface area (Å²) in [6.45, 7) is 4.14. The number of rotatable bonds is 4. The zero-order valence-electron chi connectivity index (χ0n) is 28.4. The monoisotopic (exact) mass is 651 g/mol. The average Bonchev–Trinajstić information content (AvgIpc) is 3.66. The van der Waals surface area contributed by atoms with Crippen LogP contribution in [0.5, 0.6) is 0 Å². The van der Waals surface area contributed by atoms with Gasteiger partial charge in [0.2, 0.25) is 0 Å². The Morgan fingerprint density at radius 1 is 0.412 bits per heavy atom. The van der Waals surface area contributed by atoms with Crippen molar-refractivity contribution in [2.24, 2.45) is 0 Å². The summed E-state index contributed by atoms with van der Waals surface area (Å²) < 4.78 is 0. The summed E-state index contributed by atoms with van der Waals surface area (Å²) in [5.74, 6) is 0.750. The Morgan fingerprint density at radius 3 is 1.65 bits per heavy atom. The van der Waals surface area contributed by atoms with Crippen LogP contribution in [0.4, 0.5) is 0 Å². The van der Waals surface area contributed by atoms with E-state index in [2.05, 4.69) is 164 Å². The van der Waals surface area contributed by atoms with Crippen molar-refractivity contribution in [1.82, 2.24) is 15.0 Å². The fraction of sp³-hybridized carbons (Fsp3) is 0.0625. The lowest BCUT2D eigenvalue weighted by Gasteiger charge is -2.30. The maximum Gasteiger partial charge on any atom is 0.160 e. The van der Waals surface area contributed by atoms with Crippen LogP contribution < -0.4 is 0 Å². The number of nitrogens with zero attached hydrogens (tertiary/aromatic N) is 3. The van der Waals surface area contributed by atoms with Crippen molar-refractivity contribution in [1.29, 1.82) is 0 Å². The molecule has 0 aliphatic heterocycles. The van der Waals surface area contributed by atoms with E-state index >= 15 is 0 Å². The molecule has 2 aliphatic rings. The van der Waals surface area contributed by atoms with E-state index in [1.165, 1.54) is 61.2 Å². The molecule has 0 fully saturated rings. The molecule has 2 aromatic heterocycles. The number of fused-ring (bicyclic) bond motifs is 10. The molecule has 1 spiro atoms. The van der Waals surface area contributed by atoms with Crippen LogP contribution in [0.2, 0.25) is 0 Å². The Balaban J connectivity index is 1.24. The zero-order chi connectivity index (χ0) is 34.1. The number of benzene rings is 6. The molecule has 3 nitrogen and oxygen atoms in total. The lowest BCUT2D eigenvalue weighted by atomic mass is 9.70. The molecule has 0 N–H and O–H groups in total. The smallest absolute Gasteiger partial charge is 0.160 e. The Kier molecular flexibility index (Phi) is 6.53. The van der Waals surface area contributed by atoms with Crippen LogP contribution in [0.1, 0.15) is 33.6 Å². The summed E-state index contributed by atoms with van der Waals surface area (Å²) in [4.78, 5) is 14.8. The fourth-order valence-electron chi connectivity index (χ4n) is 8.75. The highest BCUT2D eigenvalue weighted by molar-refractivity contribution is 6.02. The summed E-state index contributed by atoms with van der Waals surface area (Å²) >= 11 is 0. The van der Waals surface area contributed by atoms with E-state index in [4.69, 9.17) is 9.97 Å². The molecule has 0 radical (unpaired) electrons. The van der Waals surface area contributed by atoms with E-state index in [9.17, 15) is 0 Å². The summed E-state index contributed by atoms with van der Waals surface area (Å²) in [5, 5.41) is 0. The highest BCUT2D eigenvalue weighted by atomic mass is 14.9. The molecular formula is C48H33N3. The molecule has 3 heteroatoms. The second-order valence-electron chi connectivity index (χ2n) is 13.6. The minimum atomic E-state index is -0.493. The number of aromatic nitrogens is 3. The molecule has 1 atom stereocenters. The van der Waals surface area contributed by atoms with Gasteiger partial charge < -0.3 is 0 Å². The van der Waals surface area contributed by atoms with Crippen LogP contribution in [-0.2, 0) is 5.41 Å². The molecule has 2 heterocycles. The van der Waals surface area contributed by atoms with Crippen molar-refractivity contribution in [2.75, 3.05) is 0 Å². The molecule has 6 aromatic carbocycles. The topological polar surface area (TPSA) is 38.7 Å². The Hall–Kier alpha value is -6.45. The third kappa shape index (κ3) is 4.28. The van der Waals surface area contributed by atoms with Gasteiger partial charge in [-0.3, -0.25) is 4.98 Å². The largest absolute Gasteiger partial charge is 0.261 e. The Bertz CT molecular complexity index is 2670. The predicted octanol–water partition coefficient (Wildman–Crippen LogP) is 11.5. The first kappa shape index (κ1) is 29.5. The van der Waals surface area contributed by atoms with Crippen LogP contribution >= 0.6 is 0 Å². The van der Waals surface area contributed by atoms with Gasteiger partial charge in [-0.2, -0.15) is 0 Å². The van der Waals surface area contributed by atoms with E-state index in [1.807, 2.05) is 18.3 Å². The van der Waals surface area contributed by atoms with Crippen LogP contribution in [0.25, 0.3) is 67.2 Å². The highest BCUT2D eigenvalue weighted by Crippen LogP contribution is 2.65. The lowest BCUT2D eigenvalue weighted by molar-refractivity contribution is 0.794. The van der Waals surface area contributed by atoms with Gasteiger partial charge >= 0.3 is 0 Å². The predicted molar refractivity (Wildman–Crippen MR) is 207 cm³/mol. The minimum Gasteiger partial charge on any atom is -0.261 e. The quantitative estimate of drug-likeness (QED) is 0.190. The summed E-state index contributed by atoms with van der Waals surface area (Å²) in [7, 11) is 0. The molecule has 8 aromatic rings. The first-order chi connectivity index (χ1) is 25.1. The molecule has 0 saturated carbocycles. The van der Waals surface area contributed by atoms with Crippen molar-refractivity contribution >= 4 is 0 Å². The number of hydrogen-bond acceptors (Lipinski definition) is 3. The van der Waals surface area contributed by atoms with E-state index in [0.29, 0.717) is 0 Å². The van der Waals surface area contributed by atoms with Crippen LogP contribution in [0, 0.1) is 13.8 Å². The van der Waals surface area contributed by atoms with Gasteiger partial charge in [-0.15, -0.1) is 0 Å². The molecule has 0 amide bonds. The molecule has 240 valence electrons. The highest BCUT2D eigenvalue weighted by Gasteiger charge is 2.52. The van der Waals surface area contributed by atoms with Crippen molar-refractivity contribution in [3.63, 3.8) is 0 Å². The van der Waals surface area contributed by atoms with Crippen molar-refractivity contribution in [3.8, 4) is 67.2 Å². The molecular weight excluding hydrogens is 619 g/mol. The van der Waals surface area contributed by atoms with Gasteiger partial charge in [0.05, 0.1) is 11.1 Å². The van der Waals surface area contributed by atoms with Crippen LogP contribution in [0.15, 0.2) is 164 Å². The number of aryl methyl sites for hydroxylation is 2. The Morgan fingerprint density at radius 2 is 0.941 bits per heavy atom. The lowest BCUT2D eigenvalue weighted by Crippen LogP contribution is -2.25. The minimum absolute atomic E-state index is 0.493. The molecule has 0 saturated heterocycles. The first-order valence-corrected chi connectivity index (χ1v) is 17.5. The van der Waals surface area contributed by atoms with Crippen molar-refractivity contribution in [2.45, 2.75) is 19.3 Å². The van der Waals surface area contributed by atoms with Gasteiger partial charge in [0.15, 0.2) is 5.82 Å². The van der Waals surface area contributed by atoms with Crippen LogP contribution in [-0.4, -0.2) is 15.0 Å². The van der Waals surface area contributed by atoms with E-state index < -0.39 is 5.41 Å². The maximum atomic E-state index is 5.21. The fourth-order valence-corrected chi connectivity index (χ4v) is 8.75. The van der Waals surface area contributed by atoms with Gasteiger partial charge in [0.25, 0.3) is 0 Å². The summed E-state index contributed by atoms with van der Waals surface area (Å²) in [6.07, 6.45) is 1.86. The zero-order valence-corrected chi connectivity index (χ0v) is 28.4. The average molecular weight is 652 g/mol. The summed E-state index contributed by atoms with van der Waals surface area (Å²) in [5.41, 5.74) is 19.5. The molecule has 51 heavy (non-hydrogen) atoms. The maximum absolute atomic E-state index is 5.21. The van der Waals surface area contributed by atoms with E-state index in [0.717, 1.165) is 39.6 Å². The molecule has 1 unspecified atom stereocenters. The van der Waals surface area contributed by atoms with Gasteiger partial charge in [-0.25, -0.2) is 9.97 Å². The Labute approximate surface area is 298 Å². The normalized spacial score (nSPS) is 14.9. The van der Waals surface area contributed by atoms with Gasteiger partial charge in [0.1, 0.15) is 0 Å². The number of hydrogen-bond donors (Lipinski definition) is 0. The molecule has 10 rings (SSSR count). The van der Waals surface area contributed by atoms with Crippen LogP contribution in [0.3, 0.4) is 0 Å². The summed E-state index contributed by atoms with van der Waals surface area (Å²) in [6, 6.07) is 57.1. The molecule has 2 aliphatic carbocycles. The van der Waals surface area contributed by atoms with Crippen molar-refractivity contribution in [3.05, 3.63) is 198 Å². The standard InChI is InChI=1S/C48H33N3/c1-30-28-44(32-14-4-3-5-15-32)51-47(50-30)39-21-12-26-43-46(39)38-19-7-9-24-41(38)48(43)40-23-8-6-18-37(40)45-36(20-11-25-42(45)48)34-17-10-16-33(29-34)35-22-13-27-49-31(35)2/h3-29H,1-2H3. The number of pyridine rings is 1. The van der Waals surface area contributed by atoms with E-state index in [1.54, 1.807) is 0 Å². The molecule has 0 bridgehead atoms. The van der Waals surface area contributed by atoms with Gasteiger partial charge in [-0.05, 0) is 93.2 Å².